The van der Waals surface area contributed by atoms with E-state index in [1.807, 2.05) is 35.0 Å². The molecule has 10 heteroatoms. The molecular formula is C22H18N4O3S3. The second-order valence-electron chi connectivity index (χ2n) is 7.02. The number of furan rings is 1. The Labute approximate surface area is 195 Å². The van der Waals surface area contributed by atoms with E-state index < -0.39 is 0 Å². The standard InChI is InChI=1S/C22H18N4O3S3/c1-2-8-25-21(28)14-7-11-31-20(14)23-22(25)32-13-19(27)26-16(17-5-3-9-29-17)12-15(24-26)18-6-4-10-30-18/h2-7,9-11,16H,1,8,12-13H2. The molecule has 0 aliphatic carbocycles. The normalized spacial score (nSPS) is 15.9. The van der Waals surface area contributed by atoms with Gasteiger partial charge in [0.2, 0.25) is 0 Å². The number of fused-ring (bicyclic) bond motifs is 1. The van der Waals surface area contributed by atoms with Crippen molar-refractivity contribution < 1.29 is 9.21 Å². The number of carbonyl (C=O) groups excluding carboxylic acids is 1. The summed E-state index contributed by atoms with van der Waals surface area (Å²) in [6, 6.07) is 9.12. The van der Waals surface area contributed by atoms with Gasteiger partial charge in [0.15, 0.2) is 5.16 Å². The number of thioether (sulfide) groups is 1. The topological polar surface area (TPSA) is 80.7 Å². The molecule has 1 aliphatic heterocycles. The number of carbonyl (C=O) groups is 1. The zero-order valence-corrected chi connectivity index (χ0v) is 19.3. The van der Waals surface area contributed by atoms with E-state index in [2.05, 4.69) is 16.7 Å². The summed E-state index contributed by atoms with van der Waals surface area (Å²) < 4.78 is 7.14. The van der Waals surface area contributed by atoms with Gasteiger partial charge in [0, 0.05) is 13.0 Å². The number of hydrogen-bond donors (Lipinski definition) is 0. The van der Waals surface area contributed by atoms with Gasteiger partial charge < -0.3 is 4.42 Å². The van der Waals surface area contributed by atoms with Gasteiger partial charge in [-0.05, 0) is 35.0 Å². The van der Waals surface area contributed by atoms with Crippen LogP contribution in [0, 0.1) is 0 Å². The van der Waals surface area contributed by atoms with E-state index in [9.17, 15) is 9.59 Å². The van der Waals surface area contributed by atoms with Crippen LogP contribution in [0.15, 0.2) is 79.5 Å². The van der Waals surface area contributed by atoms with Crippen LogP contribution in [-0.2, 0) is 11.3 Å². The average Bonchev–Trinajstić information content (AvgIpc) is 3.60. The van der Waals surface area contributed by atoms with E-state index in [-0.39, 0.29) is 23.3 Å². The molecule has 32 heavy (non-hydrogen) atoms. The molecule has 4 aromatic heterocycles. The van der Waals surface area contributed by atoms with Gasteiger partial charge in [0.25, 0.3) is 11.5 Å². The Morgan fingerprint density at radius 1 is 1.28 bits per heavy atom. The van der Waals surface area contributed by atoms with Crippen LogP contribution < -0.4 is 5.56 Å². The van der Waals surface area contributed by atoms with Gasteiger partial charge in [-0.1, -0.05) is 23.9 Å². The van der Waals surface area contributed by atoms with E-state index in [1.165, 1.54) is 28.1 Å². The van der Waals surface area contributed by atoms with Crippen LogP contribution in [0.3, 0.4) is 0 Å². The van der Waals surface area contributed by atoms with E-state index in [0.717, 1.165) is 10.6 Å². The van der Waals surface area contributed by atoms with E-state index in [1.54, 1.807) is 34.3 Å². The third kappa shape index (κ3) is 3.85. The minimum absolute atomic E-state index is 0.0961. The van der Waals surface area contributed by atoms with Crippen LogP contribution >= 0.6 is 34.4 Å². The smallest absolute Gasteiger partial charge is 0.263 e. The minimum Gasteiger partial charge on any atom is -0.467 e. The summed E-state index contributed by atoms with van der Waals surface area (Å²) in [6.07, 6.45) is 3.84. The second-order valence-corrected chi connectivity index (χ2v) is 9.81. The number of rotatable bonds is 7. The summed E-state index contributed by atoms with van der Waals surface area (Å²) in [5, 5.41) is 11.0. The molecule has 4 aromatic rings. The van der Waals surface area contributed by atoms with Crippen LogP contribution in [0.25, 0.3) is 10.2 Å². The van der Waals surface area contributed by atoms with E-state index in [4.69, 9.17) is 4.42 Å². The Hall–Kier alpha value is -2.95. The Bertz CT molecular complexity index is 1350. The maximum Gasteiger partial charge on any atom is 0.263 e. The van der Waals surface area contributed by atoms with Crippen molar-refractivity contribution in [1.29, 1.82) is 0 Å². The van der Waals surface area contributed by atoms with Crippen molar-refractivity contribution >= 4 is 56.3 Å². The molecule has 7 nitrogen and oxygen atoms in total. The lowest BCUT2D eigenvalue weighted by atomic mass is 10.1. The first-order chi connectivity index (χ1) is 15.7. The molecule has 0 N–H and O–H groups in total. The predicted molar refractivity (Wildman–Crippen MR) is 129 cm³/mol. The molecule has 1 aliphatic rings. The van der Waals surface area contributed by atoms with Crippen molar-refractivity contribution in [3.05, 3.63) is 81.0 Å². The monoisotopic (exact) mass is 482 g/mol. The highest BCUT2D eigenvalue weighted by Gasteiger charge is 2.35. The summed E-state index contributed by atoms with van der Waals surface area (Å²) in [5.74, 6) is 0.618. The molecule has 0 spiro atoms. The number of hydrazone groups is 1. The van der Waals surface area contributed by atoms with Gasteiger partial charge in [0.1, 0.15) is 16.6 Å². The molecule has 0 bridgehead atoms. The number of hydrogen-bond acceptors (Lipinski definition) is 8. The van der Waals surface area contributed by atoms with Crippen molar-refractivity contribution in [2.24, 2.45) is 5.10 Å². The summed E-state index contributed by atoms with van der Waals surface area (Å²) in [5.41, 5.74) is 0.736. The molecular weight excluding hydrogens is 464 g/mol. The Balaban J connectivity index is 1.42. The van der Waals surface area contributed by atoms with Gasteiger partial charge in [-0.2, -0.15) is 5.10 Å². The summed E-state index contributed by atoms with van der Waals surface area (Å²) >= 11 is 4.24. The van der Waals surface area contributed by atoms with Crippen LogP contribution in [0.1, 0.15) is 23.1 Å². The largest absolute Gasteiger partial charge is 0.467 e. The maximum atomic E-state index is 13.2. The zero-order valence-electron chi connectivity index (χ0n) is 16.8. The fraction of sp³-hybridized carbons (Fsp3) is 0.182. The van der Waals surface area contributed by atoms with Crippen molar-refractivity contribution in [2.45, 2.75) is 24.2 Å². The third-order valence-corrected chi connectivity index (χ3v) is 7.71. The fourth-order valence-electron chi connectivity index (χ4n) is 3.56. The number of amides is 1. The van der Waals surface area contributed by atoms with Crippen molar-refractivity contribution in [3.8, 4) is 0 Å². The van der Waals surface area contributed by atoms with E-state index >= 15 is 0 Å². The summed E-state index contributed by atoms with van der Waals surface area (Å²) in [6.45, 7) is 4.07. The molecule has 5 rings (SSSR count). The van der Waals surface area contributed by atoms with Crippen LogP contribution in [0.4, 0.5) is 0 Å². The number of allylic oxidation sites excluding steroid dienone is 1. The summed E-state index contributed by atoms with van der Waals surface area (Å²) in [4.78, 5) is 32.4. The lowest BCUT2D eigenvalue weighted by molar-refractivity contribution is -0.130. The summed E-state index contributed by atoms with van der Waals surface area (Å²) in [7, 11) is 0. The quantitative estimate of drug-likeness (QED) is 0.215. The molecule has 0 aromatic carbocycles. The van der Waals surface area contributed by atoms with Gasteiger partial charge in [-0.15, -0.1) is 29.3 Å². The lowest BCUT2D eigenvalue weighted by Gasteiger charge is -2.20. The fourth-order valence-corrected chi connectivity index (χ4v) is 5.94. The highest BCUT2D eigenvalue weighted by atomic mass is 32.2. The second kappa shape index (κ2) is 8.89. The Kier molecular flexibility index (Phi) is 5.81. The number of nitrogens with zero attached hydrogens (tertiary/aromatic N) is 4. The van der Waals surface area contributed by atoms with Crippen LogP contribution in [0.5, 0.6) is 0 Å². The van der Waals surface area contributed by atoms with Crippen LogP contribution in [0.2, 0.25) is 0 Å². The maximum absolute atomic E-state index is 13.2. The van der Waals surface area contributed by atoms with Gasteiger partial charge in [-0.3, -0.25) is 14.2 Å². The number of aromatic nitrogens is 2. The molecule has 0 saturated carbocycles. The first-order valence-corrected chi connectivity index (χ1v) is 12.6. The highest BCUT2D eigenvalue weighted by molar-refractivity contribution is 7.99. The van der Waals surface area contributed by atoms with Gasteiger partial charge >= 0.3 is 0 Å². The highest BCUT2D eigenvalue weighted by Crippen LogP contribution is 2.34. The first kappa shape index (κ1) is 20.9. The van der Waals surface area contributed by atoms with Crippen molar-refractivity contribution in [1.82, 2.24) is 14.6 Å². The van der Waals surface area contributed by atoms with Gasteiger partial charge in [-0.25, -0.2) is 9.99 Å². The molecule has 1 amide bonds. The lowest BCUT2D eigenvalue weighted by Crippen LogP contribution is -2.29. The molecule has 0 saturated heterocycles. The molecule has 1 unspecified atom stereocenters. The zero-order chi connectivity index (χ0) is 22.1. The van der Waals surface area contributed by atoms with Gasteiger partial charge in [0.05, 0.1) is 28.0 Å². The number of thiophene rings is 2. The molecule has 0 fully saturated rings. The molecule has 162 valence electrons. The molecule has 5 heterocycles. The van der Waals surface area contributed by atoms with Crippen molar-refractivity contribution in [2.75, 3.05) is 5.75 Å². The average molecular weight is 483 g/mol. The molecule has 1 atom stereocenters. The molecule has 0 radical (unpaired) electrons. The third-order valence-electron chi connectivity index (χ3n) is 5.03. The van der Waals surface area contributed by atoms with Crippen LogP contribution in [-0.4, -0.2) is 31.9 Å². The Morgan fingerprint density at radius 3 is 2.94 bits per heavy atom. The SMILES string of the molecule is C=CCn1c(SCC(=O)N2N=C(c3cccs3)CC2c2ccco2)nc2sccc2c1=O. The minimum atomic E-state index is -0.293. The van der Waals surface area contributed by atoms with E-state index in [0.29, 0.717) is 34.1 Å². The van der Waals surface area contributed by atoms with Crippen molar-refractivity contribution in [3.63, 3.8) is 0 Å². The Morgan fingerprint density at radius 2 is 2.19 bits per heavy atom. The predicted octanol–water partition coefficient (Wildman–Crippen LogP) is 4.77. The first-order valence-electron chi connectivity index (χ1n) is 9.84.